The zero-order chi connectivity index (χ0) is 19.8. The molecule has 29 heavy (non-hydrogen) atoms. The predicted molar refractivity (Wildman–Crippen MR) is 104 cm³/mol. The number of para-hydroxylation sites is 1. The van der Waals surface area contributed by atoms with Crippen LogP contribution < -0.4 is 10.1 Å². The second kappa shape index (κ2) is 7.48. The Morgan fingerprint density at radius 3 is 2.79 bits per heavy atom. The van der Waals surface area contributed by atoms with Gasteiger partial charge in [0.25, 0.3) is 11.8 Å². The van der Waals surface area contributed by atoms with Crippen molar-refractivity contribution in [3.63, 3.8) is 0 Å². The number of rotatable bonds is 4. The lowest BCUT2D eigenvalue weighted by Crippen LogP contribution is -2.41. The highest BCUT2D eigenvalue weighted by molar-refractivity contribution is 5.93. The van der Waals surface area contributed by atoms with Crippen molar-refractivity contribution >= 4 is 11.8 Å². The van der Waals surface area contributed by atoms with E-state index >= 15 is 0 Å². The van der Waals surface area contributed by atoms with Crippen molar-refractivity contribution in [2.75, 3.05) is 26.2 Å². The smallest absolute Gasteiger partial charge is 0.264 e. The van der Waals surface area contributed by atoms with Crippen molar-refractivity contribution < 1.29 is 19.1 Å². The Kier molecular flexibility index (Phi) is 4.67. The van der Waals surface area contributed by atoms with Crippen LogP contribution in [0.4, 0.5) is 0 Å². The molecule has 0 spiro atoms. The molecule has 2 fully saturated rings. The molecule has 0 unspecified atom stereocenters. The summed E-state index contributed by atoms with van der Waals surface area (Å²) in [7, 11) is 0. The largest absolute Gasteiger partial charge is 0.480 e. The van der Waals surface area contributed by atoms with E-state index in [-0.39, 0.29) is 29.8 Å². The van der Waals surface area contributed by atoms with E-state index in [2.05, 4.69) is 10.3 Å². The molecular weight excluding hydrogens is 370 g/mol. The first-order valence-electron chi connectivity index (χ1n) is 10.0. The first kappa shape index (κ1) is 18.1. The van der Waals surface area contributed by atoms with Gasteiger partial charge < -0.3 is 19.7 Å². The minimum absolute atomic E-state index is 0.0266. The molecule has 3 aliphatic rings. The van der Waals surface area contributed by atoms with Crippen LogP contribution in [0.5, 0.6) is 5.75 Å². The lowest BCUT2D eigenvalue weighted by atomic mass is 9.93. The summed E-state index contributed by atoms with van der Waals surface area (Å²) in [4.78, 5) is 31.1. The van der Waals surface area contributed by atoms with Crippen molar-refractivity contribution in [2.24, 2.45) is 11.8 Å². The molecule has 1 N–H and O–H groups in total. The minimum Gasteiger partial charge on any atom is -0.480 e. The summed E-state index contributed by atoms with van der Waals surface area (Å²) < 4.78 is 11.8. The molecule has 1 aromatic carbocycles. The third kappa shape index (κ3) is 3.46. The van der Waals surface area contributed by atoms with Gasteiger partial charge in [0.1, 0.15) is 5.75 Å². The van der Waals surface area contributed by atoms with Crippen molar-refractivity contribution in [3.8, 4) is 5.75 Å². The summed E-state index contributed by atoms with van der Waals surface area (Å²) in [5.74, 6) is 1.15. The molecule has 0 saturated carbocycles. The average molecular weight is 393 g/mol. The molecule has 4 atom stereocenters. The van der Waals surface area contributed by atoms with Crippen molar-refractivity contribution in [2.45, 2.75) is 18.6 Å². The molecule has 1 aromatic heterocycles. The lowest BCUT2D eigenvalue weighted by molar-refractivity contribution is -0.137. The molecule has 2 aromatic rings. The van der Waals surface area contributed by atoms with E-state index in [0.717, 1.165) is 11.3 Å². The van der Waals surface area contributed by atoms with E-state index in [1.165, 1.54) is 0 Å². The van der Waals surface area contributed by atoms with E-state index in [0.29, 0.717) is 38.2 Å². The van der Waals surface area contributed by atoms with Crippen LogP contribution in [0.3, 0.4) is 0 Å². The van der Waals surface area contributed by atoms with E-state index < -0.39 is 6.10 Å². The number of amides is 2. The fraction of sp³-hybridized carbons (Fsp3) is 0.409. The number of benzene rings is 1. The Labute approximate surface area is 169 Å². The van der Waals surface area contributed by atoms with Crippen LogP contribution in [-0.2, 0) is 16.0 Å². The zero-order valence-electron chi connectivity index (χ0n) is 16.0. The van der Waals surface area contributed by atoms with E-state index in [9.17, 15) is 9.59 Å². The molecule has 4 heterocycles. The molecule has 7 heteroatoms. The molecule has 0 bridgehead atoms. The van der Waals surface area contributed by atoms with Crippen LogP contribution in [0.2, 0.25) is 0 Å². The quantitative estimate of drug-likeness (QED) is 0.847. The molecule has 150 valence electrons. The van der Waals surface area contributed by atoms with E-state index in [1.807, 2.05) is 29.2 Å². The highest BCUT2D eigenvalue weighted by Crippen LogP contribution is 2.35. The van der Waals surface area contributed by atoms with Crippen LogP contribution >= 0.6 is 0 Å². The topological polar surface area (TPSA) is 80.8 Å². The highest BCUT2D eigenvalue weighted by atomic mass is 16.5. The van der Waals surface area contributed by atoms with Gasteiger partial charge in [0.05, 0.1) is 12.7 Å². The average Bonchev–Trinajstić information content (AvgIpc) is 3.46. The monoisotopic (exact) mass is 393 g/mol. The number of hydrogen-bond acceptors (Lipinski definition) is 5. The predicted octanol–water partition coefficient (Wildman–Crippen LogP) is 1.29. The number of ether oxygens (including phenoxy) is 2. The Hall–Kier alpha value is -2.93. The van der Waals surface area contributed by atoms with E-state index in [1.54, 1.807) is 24.5 Å². The molecule has 2 amide bonds. The highest BCUT2D eigenvalue weighted by Gasteiger charge is 2.47. The normalized spacial score (nSPS) is 27.2. The number of fused-ring (bicyclic) bond motifs is 2. The number of carbonyl (C=O) groups is 2. The Morgan fingerprint density at radius 1 is 1.14 bits per heavy atom. The van der Waals surface area contributed by atoms with Gasteiger partial charge in [-0.2, -0.15) is 0 Å². The second-order valence-electron chi connectivity index (χ2n) is 7.90. The number of nitrogens with zero attached hydrogens (tertiary/aromatic N) is 2. The van der Waals surface area contributed by atoms with Crippen molar-refractivity contribution in [1.82, 2.24) is 15.2 Å². The standard InChI is InChI=1S/C22H23N3O4/c26-21(14-5-7-23-8-6-14)24-10-16-13-28-20-12-25(11-17(16)20)22(27)19-9-15-3-1-2-4-18(15)29-19/h1-8,16-17,19-20H,9-13H2,(H,24,26)/t16-,17+,19-,20+/m0/s1. The summed E-state index contributed by atoms with van der Waals surface area (Å²) >= 11 is 0. The summed E-state index contributed by atoms with van der Waals surface area (Å²) in [5.41, 5.74) is 1.68. The number of pyridine rings is 1. The number of carbonyl (C=O) groups excluding carboxylic acids is 2. The lowest BCUT2D eigenvalue weighted by Gasteiger charge is -2.22. The van der Waals surface area contributed by atoms with Gasteiger partial charge in [-0.25, -0.2) is 0 Å². The van der Waals surface area contributed by atoms with Gasteiger partial charge in [-0.05, 0) is 23.8 Å². The molecule has 5 rings (SSSR count). The summed E-state index contributed by atoms with van der Waals surface area (Å²) in [6.45, 7) is 2.39. The van der Waals surface area contributed by atoms with Gasteiger partial charge in [0.2, 0.25) is 0 Å². The Bertz CT molecular complexity index is 894. The molecule has 3 aliphatic heterocycles. The maximum absolute atomic E-state index is 13.0. The maximum atomic E-state index is 13.0. The number of hydrogen-bond donors (Lipinski definition) is 1. The minimum atomic E-state index is -0.448. The first-order chi connectivity index (χ1) is 14.2. The van der Waals surface area contributed by atoms with Gasteiger partial charge in [0, 0.05) is 55.8 Å². The van der Waals surface area contributed by atoms with Gasteiger partial charge in [-0.3, -0.25) is 14.6 Å². The van der Waals surface area contributed by atoms with Gasteiger partial charge >= 0.3 is 0 Å². The number of likely N-dealkylation sites (tertiary alicyclic amines) is 1. The maximum Gasteiger partial charge on any atom is 0.264 e. The Balaban J connectivity index is 1.17. The molecule has 7 nitrogen and oxygen atoms in total. The van der Waals surface area contributed by atoms with Gasteiger partial charge in [-0.15, -0.1) is 0 Å². The van der Waals surface area contributed by atoms with Gasteiger partial charge in [-0.1, -0.05) is 18.2 Å². The van der Waals surface area contributed by atoms with Crippen LogP contribution in [0.15, 0.2) is 48.8 Å². The summed E-state index contributed by atoms with van der Waals surface area (Å²) in [6, 6.07) is 11.2. The van der Waals surface area contributed by atoms with Crippen LogP contribution in [0.1, 0.15) is 15.9 Å². The molecular formula is C22H23N3O4. The van der Waals surface area contributed by atoms with Crippen molar-refractivity contribution in [3.05, 3.63) is 59.9 Å². The first-order valence-corrected chi connectivity index (χ1v) is 10.0. The van der Waals surface area contributed by atoms with Crippen LogP contribution in [0.25, 0.3) is 0 Å². The number of aromatic nitrogens is 1. The summed E-state index contributed by atoms with van der Waals surface area (Å²) in [6.07, 6.45) is 3.41. The van der Waals surface area contributed by atoms with Crippen LogP contribution in [0, 0.1) is 11.8 Å². The van der Waals surface area contributed by atoms with Crippen LogP contribution in [-0.4, -0.2) is 60.1 Å². The van der Waals surface area contributed by atoms with Gasteiger partial charge in [0.15, 0.2) is 6.10 Å². The summed E-state index contributed by atoms with van der Waals surface area (Å²) in [5, 5.41) is 2.99. The fourth-order valence-electron chi connectivity index (χ4n) is 4.54. The second-order valence-corrected chi connectivity index (χ2v) is 7.90. The SMILES string of the molecule is O=C(NC[C@H]1CO[C@@H]2CN(C(=O)[C@@H]3Cc4ccccc4O3)C[C@H]12)c1ccncc1. The molecule has 0 aliphatic carbocycles. The molecule has 0 radical (unpaired) electrons. The number of nitrogens with one attached hydrogen (secondary N) is 1. The third-order valence-electron chi connectivity index (χ3n) is 6.14. The van der Waals surface area contributed by atoms with Crippen molar-refractivity contribution in [1.29, 1.82) is 0 Å². The third-order valence-corrected chi connectivity index (χ3v) is 6.14. The zero-order valence-corrected chi connectivity index (χ0v) is 16.0. The molecule has 2 saturated heterocycles. The Morgan fingerprint density at radius 2 is 1.97 bits per heavy atom. The fourth-order valence-corrected chi connectivity index (χ4v) is 4.54. The van der Waals surface area contributed by atoms with E-state index in [4.69, 9.17) is 9.47 Å².